The Morgan fingerprint density at radius 2 is 2.33 bits per heavy atom. The first-order valence-electron chi connectivity index (χ1n) is 5.00. The van der Waals surface area contributed by atoms with Gasteiger partial charge in [-0.1, -0.05) is 0 Å². The number of nitrogens with zero attached hydrogens (tertiary/aromatic N) is 1. The third kappa shape index (κ3) is 2.53. The highest BCUT2D eigenvalue weighted by molar-refractivity contribution is 6.27. The predicted molar refractivity (Wildman–Crippen MR) is 53.7 cm³/mol. The van der Waals surface area contributed by atoms with Crippen molar-refractivity contribution in [1.29, 1.82) is 0 Å². The van der Waals surface area contributed by atoms with E-state index < -0.39 is 0 Å². The summed E-state index contributed by atoms with van der Waals surface area (Å²) in [5.41, 5.74) is 0. The lowest BCUT2D eigenvalue weighted by molar-refractivity contribution is -0.119. The van der Waals surface area contributed by atoms with Crippen LogP contribution in [0.25, 0.3) is 0 Å². The number of hydrogen-bond donors (Lipinski definition) is 1. The molecular formula is C9H13ClN2O3. The first-order chi connectivity index (χ1) is 7.20. The predicted octanol–water partition coefficient (Wildman–Crippen LogP) is 0.325. The molecule has 1 saturated heterocycles. The fraction of sp³-hybridized carbons (Fsp3) is 0.778. The molecule has 1 N–H and O–H groups in total. The number of amides is 2. The van der Waals surface area contributed by atoms with Crippen LogP contribution in [-0.4, -0.2) is 48.0 Å². The molecule has 2 rings (SSSR count). The van der Waals surface area contributed by atoms with E-state index in [0.29, 0.717) is 19.1 Å². The number of rotatable bonds is 4. The van der Waals surface area contributed by atoms with Crippen molar-refractivity contribution in [2.24, 2.45) is 0 Å². The maximum atomic E-state index is 11.3. The number of nitrogens with one attached hydrogen (secondary N) is 1. The second kappa shape index (κ2) is 4.26. The maximum absolute atomic E-state index is 11.3. The molecular weight excluding hydrogens is 220 g/mol. The van der Waals surface area contributed by atoms with Crippen LogP contribution >= 0.6 is 11.6 Å². The largest absolute Gasteiger partial charge is 0.442 e. The average molecular weight is 233 g/mol. The Hall–Kier alpha value is -0.970. The lowest BCUT2D eigenvalue weighted by atomic mass is 10.3. The highest BCUT2D eigenvalue weighted by Gasteiger charge is 2.40. The first kappa shape index (κ1) is 10.5. The fourth-order valence-electron chi connectivity index (χ4n) is 1.61. The van der Waals surface area contributed by atoms with Gasteiger partial charge >= 0.3 is 6.09 Å². The smallest absolute Gasteiger partial charge is 0.410 e. The van der Waals surface area contributed by atoms with Crippen molar-refractivity contribution >= 4 is 23.6 Å². The molecule has 1 aliphatic heterocycles. The van der Waals surface area contributed by atoms with Gasteiger partial charge in [-0.3, -0.25) is 4.79 Å². The number of cyclic esters (lactones) is 1. The summed E-state index contributed by atoms with van der Waals surface area (Å²) >= 11 is 5.33. The number of halogens is 1. The summed E-state index contributed by atoms with van der Waals surface area (Å²) < 4.78 is 5.10. The minimum atomic E-state index is -0.261. The van der Waals surface area contributed by atoms with Crippen molar-refractivity contribution in [2.75, 3.05) is 19.0 Å². The lowest BCUT2D eigenvalue weighted by Gasteiger charge is -2.10. The molecule has 0 spiro atoms. The van der Waals surface area contributed by atoms with Crippen LogP contribution in [0.2, 0.25) is 0 Å². The number of alkyl halides is 1. The van der Waals surface area contributed by atoms with E-state index in [0.717, 1.165) is 12.8 Å². The van der Waals surface area contributed by atoms with E-state index in [1.165, 1.54) is 0 Å². The Bertz CT molecular complexity index is 281. The van der Waals surface area contributed by atoms with Crippen molar-refractivity contribution in [3.8, 4) is 0 Å². The van der Waals surface area contributed by atoms with E-state index in [9.17, 15) is 9.59 Å². The van der Waals surface area contributed by atoms with Gasteiger partial charge in [-0.2, -0.15) is 0 Å². The molecule has 2 fully saturated rings. The summed E-state index contributed by atoms with van der Waals surface area (Å²) in [5, 5.41) is 2.60. The van der Waals surface area contributed by atoms with Gasteiger partial charge in [0.05, 0.1) is 13.1 Å². The molecule has 0 aromatic carbocycles. The second-order valence-electron chi connectivity index (χ2n) is 3.83. The molecule has 2 amide bonds. The third-order valence-electron chi connectivity index (χ3n) is 2.54. The molecule has 1 unspecified atom stereocenters. The minimum absolute atomic E-state index is 0.0625. The summed E-state index contributed by atoms with van der Waals surface area (Å²) in [5.74, 6) is -0.301. The molecule has 0 aromatic rings. The van der Waals surface area contributed by atoms with E-state index >= 15 is 0 Å². The van der Waals surface area contributed by atoms with Crippen molar-refractivity contribution in [2.45, 2.75) is 25.0 Å². The zero-order chi connectivity index (χ0) is 10.8. The van der Waals surface area contributed by atoms with Gasteiger partial charge in [0.1, 0.15) is 12.0 Å². The Kier molecular flexibility index (Phi) is 3.00. The fourth-order valence-corrected chi connectivity index (χ4v) is 1.70. The van der Waals surface area contributed by atoms with Crippen molar-refractivity contribution in [3.05, 3.63) is 0 Å². The van der Waals surface area contributed by atoms with Gasteiger partial charge in [0, 0.05) is 6.04 Å². The quantitative estimate of drug-likeness (QED) is 0.711. The van der Waals surface area contributed by atoms with Crippen LogP contribution in [0.15, 0.2) is 0 Å². The second-order valence-corrected chi connectivity index (χ2v) is 4.09. The van der Waals surface area contributed by atoms with Gasteiger partial charge in [0.15, 0.2) is 0 Å². The molecule has 0 bridgehead atoms. The highest BCUT2D eigenvalue weighted by Crippen LogP contribution is 2.30. The van der Waals surface area contributed by atoms with E-state index in [2.05, 4.69) is 5.32 Å². The SMILES string of the molecule is O=C(CCl)NCC1CN(C2CC2)C(=O)O1. The molecule has 1 aliphatic carbocycles. The summed E-state index contributed by atoms with van der Waals surface area (Å²) in [6.45, 7) is 0.923. The molecule has 0 aromatic heterocycles. The molecule has 15 heavy (non-hydrogen) atoms. The number of carbonyl (C=O) groups excluding carboxylic acids is 2. The normalized spacial score (nSPS) is 25.3. The monoisotopic (exact) mass is 232 g/mol. The summed E-state index contributed by atoms with van der Waals surface area (Å²) in [6, 6.07) is 0.367. The van der Waals surface area contributed by atoms with Crippen molar-refractivity contribution in [1.82, 2.24) is 10.2 Å². The molecule has 5 nitrogen and oxygen atoms in total. The number of hydrogen-bond acceptors (Lipinski definition) is 3. The van der Waals surface area contributed by atoms with Crippen LogP contribution in [0.5, 0.6) is 0 Å². The van der Waals surface area contributed by atoms with Crippen LogP contribution in [0, 0.1) is 0 Å². The minimum Gasteiger partial charge on any atom is -0.442 e. The van der Waals surface area contributed by atoms with E-state index in [-0.39, 0.29) is 24.0 Å². The van der Waals surface area contributed by atoms with Gasteiger partial charge in [-0.25, -0.2) is 4.79 Å². The van der Waals surface area contributed by atoms with Crippen molar-refractivity contribution < 1.29 is 14.3 Å². The maximum Gasteiger partial charge on any atom is 0.410 e. The van der Waals surface area contributed by atoms with Crippen LogP contribution in [0.3, 0.4) is 0 Å². The topological polar surface area (TPSA) is 58.6 Å². The lowest BCUT2D eigenvalue weighted by Crippen LogP contribution is -2.35. The van der Waals surface area contributed by atoms with Gasteiger partial charge < -0.3 is 15.0 Å². The van der Waals surface area contributed by atoms with Gasteiger partial charge in [-0.15, -0.1) is 11.6 Å². The molecule has 84 valence electrons. The Labute approximate surface area is 92.7 Å². The summed E-state index contributed by atoms with van der Waals surface area (Å²) in [7, 11) is 0. The summed E-state index contributed by atoms with van der Waals surface area (Å²) in [6.07, 6.45) is 1.64. The van der Waals surface area contributed by atoms with Crippen molar-refractivity contribution in [3.63, 3.8) is 0 Å². The summed E-state index contributed by atoms with van der Waals surface area (Å²) in [4.78, 5) is 24.0. The Balaban J connectivity index is 1.76. The average Bonchev–Trinajstić information content (AvgIpc) is 3.00. The van der Waals surface area contributed by atoms with Crippen LogP contribution in [0.1, 0.15) is 12.8 Å². The molecule has 6 heteroatoms. The Morgan fingerprint density at radius 3 is 2.93 bits per heavy atom. The number of ether oxygens (including phenoxy) is 1. The van der Waals surface area contributed by atoms with Crippen LogP contribution < -0.4 is 5.32 Å². The highest BCUT2D eigenvalue weighted by atomic mass is 35.5. The molecule has 1 heterocycles. The van der Waals surface area contributed by atoms with E-state index in [1.807, 2.05) is 0 Å². The van der Waals surface area contributed by atoms with Gasteiger partial charge in [-0.05, 0) is 12.8 Å². The zero-order valence-corrected chi connectivity index (χ0v) is 9.00. The number of carbonyl (C=O) groups is 2. The van der Waals surface area contributed by atoms with E-state index in [4.69, 9.17) is 16.3 Å². The van der Waals surface area contributed by atoms with Crippen LogP contribution in [0.4, 0.5) is 4.79 Å². The zero-order valence-electron chi connectivity index (χ0n) is 8.24. The Morgan fingerprint density at radius 1 is 1.60 bits per heavy atom. The third-order valence-corrected chi connectivity index (χ3v) is 2.78. The standard InChI is InChI=1S/C9H13ClN2O3/c10-3-8(13)11-4-7-5-12(6-1-2-6)9(14)15-7/h6-7H,1-5H2,(H,11,13). The molecule has 1 atom stereocenters. The van der Waals surface area contributed by atoms with E-state index in [1.54, 1.807) is 4.90 Å². The molecule has 0 radical (unpaired) electrons. The van der Waals surface area contributed by atoms with Gasteiger partial charge in [0.2, 0.25) is 5.91 Å². The molecule has 2 aliphatic rings. The molecule has 1 saturated carbocycles. The van der Waals surface area contributed by atoms with Gasteiger partial charge in [0.25, 0.3) is 0 Å². The first-order valence-corrected chi connectivity index (χ1v) is 5.54. The van der Waals surface area contributed by atoms with Crippen LogP contribution in [-0.2, 0) is 9.53 Å².